The lowest BCUT2D eigenvalue weighted by molar-refractivity contribution is -0.245. The number of aliphatic hydroxyl groups excluding tert-OH is 1. The fourth-order valence-corrected chi connectivity index (χ4v) is 5.45. The summed E-state index contributed by atoms with van der Waals surface area (Å²) >= 11 is 1.55. The van der Waals surface area contributed by atoms with Gasteiger partial charge in [0.15, 0.2) is 6.29 Å². The molecule has 2 N–H and O–H groups in total. The van der Waals surface area contributed by atoms with Crippen molar-refractivity contribution in [2.75, 3.05) is 12.4 Å². The number of benzene rings is 3. The minimum atomic E-state index is -0.560. The van der Waals surface area contributed by atoms with Gasteiger partial charge in [0, 0.05) is 31.3 Å². The van der Waals surface area contributed by atoms with Gasteiger partial charge in [-0.3, -0.25) is 0 Å². The fraction of sp³-hybridized carbons (Fsp3) is 0.290. The molecule has 0 radical (unpaired) electrons. The first-order valence-corrected chi connectivity index (χ1v) is 14.6. The van der Waals surface area contributed by atoms with Crippen LogP contribution in [0, 0.1) is 0 Å². The van der Waals surface area contributed by atoms with Gasteiger partial charge in [0.05, 0.1) is 18.8 Å². The number of aliphatic hydroxyl groups is 1. The molecule has 0 aliphatic carbocycles. The monoisotopic (exact) mass is 587 g/mol. The lowest BCUT2D eigenvalue weighted by Crippen LogP contribution is -2.31. The van der Waals surface area contributed by atoms with Crippen LogP contribution in [0.15, 0.2) is 90.6 Å². The van der Waals surface area contributed by atoms with Crippen molar-refractivity contribution in [1.29, 1.82) is 0 Å². The van der Waals surface area contributed by atoms with E-state index >= 15 is 0 Å². The van der Waals surface area contributed by atoms with E-state index in [9.17, 15) is 9.90 Å². The zero-order valence-electron chi connectivity index (χ0n) is 23.3. The number of tetrazole rings is 1. The van der Waals surface area contributed by atoms with Crippen LogP contribution in [-0.4, -0.2) is 49.9 Å². The molecule has 3 atom stereocenters. The van der Waals surface area contributed by atoms with Crippen molar-refractivity contribution in [3.05, 3.63) is 108 Å². The second-order valence-electron chi connectivity index (χ2n) is 9.81. The Bertz CT molecular complexity index is 1480. The molecular formula is C31H33N5O5S. The van der Waals surface area contributed by atoms with E-state index in [1.54, 1.807) is 16.4 Å². The van der Waals surface area contributed by atoms with Crippen molar-refractivity contribution in [3.8, 4) is 11.1 Å². The number of carbonyl (C=O) groups is 1. The number of aryl methyl sites for hydroxylation is 1. The number of amides is 1. The highest BCUT2D eigenvalue weighted by molar-refractivity contribution is 7.99. The summed E-state index contributed by atoms with van der Waals surface area (Å²) in [7, 11) is 1.81. The van der Waals surface area contributed by atoms with Crippen LogP contribution in [0.1, 0.15) is 41.1 Å². The van der Waals surface area contributed by atoms with Crippen LogP contribution in [0.4, 0.5) is 4.79 Å². The van der Waals surface area contributed by atoms with Gasteiger partial charge in [-0.15, -0.1) is 5.10 Å². The average Bonchev–Trinajstić information content (AvgIpc) is 3.46. The Hall–Kier alpha value is -4.03. The van der Waals surface area contributed by atoms with Crippen LogP contribution >= 0.6 is 11.8 Å². The van der Waals surface area contributed by atoms with Crippen LogP contribution in [0.5, 0.6) is 0 Å². The average molecular weight is 588 g/mol. The fourth-order valence-electron chi connectivity index (χ4n) is 4.59. The molecule has 0 saturated carbocycles. The lowest BCUT2D eigenvalue weighted by Gasteiger charge is -2.36. The highest BCUT2D eigenvalue weighted by Crippen LogP contribution is 2.39. The van der Waals surface area contributed by atoms with Crippen molar-refractivity contribution >= 4 is 17.9 Å². The molecular weight excluding hydrogens is 554 g/mol. The molecule has 0 spiro atoms. The smallest absolute Gasteiger partial charge is 0.407 e. The van der Waals surface area contributed by atoms with Gasteiger partial charge in [0.1, 0.15) is 6.61 Å². The molecule has 1 aromatic heterocycles. The summed E-state index contributed by atoms with van der Waals surface area (Å²) in [4.78, 5) is 11.8. The third kappa shape index (κ3) is 7.62. The van der Waals surface area contributed by atoms with Crippen molar-refractivity contribution in [3.63, 3.8) is 0 Å². The first-order valence-electron chi connectivity index (χ1n) is 13.6. The molecule has 1 saturated heterocycles. The van der Waals surface area contributed by atoms with E-state index in [1.807, 2.05) is 79.8 Å². The number of hydrogen-bond acceptors (Lipinski definition) is 9. The molecule has 1 amide bonds. The normalized spacial score (nSPS) is 18.4. The first-order chi connectivity index (χ1) is 20.5. The summed E-state index contributed by atoms with van der Waals surface area (Å²) < 4.78 is 19.5. The Morgan fingerprint density at radius 1 is 1.10 bits per heavy atom. The number of aromatic nitrogens is 4. The number of rotatable bonds is 11. The van der Waals surface area contributed by atoms with Gasteiger partial charge in [-0.05, 0) is 44.3 Å². The maximum Gasteiger partial charge on any atom is 0.407 e. The van der Waals surface area contributed by atoms with Gasteiger partial charge in [-0.1, -0.05) is 91.1 Å². The number of nitrogens with zero attached hydrogens (tertiary/aromatic N) is 4. The van der Waals surface area contributed by atoms with Crippen molar-refractivity contribution in [1.82, 2.24) is 25.5 Å². The van der Waals surface area contributed by atoms with Gasteiger partial charge in [0.2, 0.25) is 5.16 Å². The number of nitrogens with one attached hydrogen (secondary N) is 1. The largest absolute Gasteiger partial charge is 0.445 e. The predicted octanol–water partition coefficient (Wildman–Crippen LogP) is 5.12. The summed E-state index contributed by atoms with van der Waals surface area (Å²) in [5.41, 5.74) is 5.81. The van der Waals surface area contributed by atoms with Crippen LogP contribution in [0.3, 0.4) is 0 Å². The zero-order chi connectivity index (χ0) is 29.3. The van der Waals surface area contributed by atoms with E-state index in [1.165, 1.54) is 6.08 Å². The zero-order valence-corrected chi connectivity index (χ0v) is 24.1. The highest BCUT2D eigenvalue weighted by Gasteiger charge is 2.32. The maximum absolute atomic E-state index is 11.8. The van der Waals surface area contributed by atoms with Gasteiger partial charge in [-0.25, -0.2) is 9.48 Å². The van der Waals surface area contributed by atoms with Crippen LogP contribution in [0.2, 0.25) is 0 Å². The predicted molar refractivity (Wildman–Crippen MR) is 158 cm³/mol. The minimum Gasteiger partial charge on any atom is -0.445 e. The van der Waals surface area contributed by atoms with Crippen molar-refractivity contribution in [2.24, 2.45) is 7.05 Å². The number of carbonyl (C=O) groups excluding carboxylic acids is 1. The van der Waals surface area contributed by atoms with Crippen LogP contribution in [-0.2, 0) is 34.4 Å². The summed E-state index contributed by atoms with van der Waals surface area (Å²) in [5.74, 6) is 0.666. The molecule has 3 aromatic carbocycles. The van der Waals surface area contributed by atoms with E-state index in [-0.39, 0.29) is 25.4 Å². The third-order valence-corrected chi connectivity index (χ3v) is 7.95. The maximum atomic E-state index is 11.8. The quantitative estimate of drug-likeness (QED) is 0.182. The van der Waals surface area contributed by atoms with Gasteiger partial charge in [-0.2, -0.15) is 0 Å². The summed E-state index contributed by atoms with van der Waals surface area (Å²) in [6, 6.07) is 23.9. The van der Waals surface area contributed by atoms with Gasteiger partial charge >= 0.3 is 6.09 Å². The third-order valence-electron chi connectivity index (χ3n) is 6.81. The molecule has 1 aliphatic rings. The molecule has 2 heterocycles. The van der Waals surface area contributed by atoms with E-state index in [4.69, 9.17) is 14.2 Å². The molecule has 1 fully saturated rings. The highest BCUT2D eigenvalue weighted by atomic mass is 32.2. The van der Waals surface area contributed by atoms with Crippen molar-refractivity contribution in [2.45, 2.75) is 43.2 Å². The lowest BCUT2D eigenvalue weighted by atomic mass is 9.99. The summed E-state index contributed by atoms with van der Waals surface area (Å²) in [6.45, 7) is 4.07. The molecule has 10 nitrogen and oxygen atoms in total. The topological polar surface area (TPSA) is 121 Å². The molecule has 11 heteroatoms. The Morgan fingerprint density at radius 3 is 2.60 bits per heavy atom. The molecule has 5 rings (SSSR count). The summed E-state index contributed by atoms with van der Waals surface area (Å²) in [6.07, 6.45) is 0.879. The SMILES string of the molecule is C=CCOC(=O)NCc1cccc(-c2ccc([C@@H]3O[C@H](CSc4nnnn4C)C[C@H](c4ccc(CO)cc4)O3)cc2)c1. The van der Waals surface area contributed by atoms with Crippen molar-refractivity contribution < 1.29 is 24.1 Å². The first kappa shape index (κ1) is 29.5. The summed E-state index contributed by atoms with van der Waals surface area (Å²) in [5, 5.41) is 24.6. The van der Waals surface area contributed by atoms with Crippen LogP contribution in [0.25, 0.3) is 11.1 Å². The molecule has 4 aromatic rings. The Morgan fingerprint density at radius 2 is 1.88 bits per heavy atom. The van der Waals surface area contributed by atoms with Crippen LogP contribution < -0.4 is 5.32 Å². The second kappa shape index (κ2) is 14.2. The molecule has 0 bridgehead atoms. The van der Waals surface area contributed by atoms with Gasteiger partial charge in [0.25, 0.3) is 0 Å². The number of hydrogen-bond donors (Lipinski definition) is 2. The Kier molecular flexibility index (Phi) is 9.98. The molecule has 1 aliphatic heterocycles. The van der Waals surface area contributed by atoms with E-state index in [0.29, 0.717) is 18.7 Å². The second-order valence-corrected chi connectivity index (χ2v) is 10.8. The molecule has 0 unspecified atom stereocenters. The number of alkyl carbamates (subject to hydrolysis) is 1. The van der Waals surface area contributed by atoms with E-state index in [0.717, 1.165) is 38.5 Å². The van der Waals surface area contributed by atoms with Gasteiger partial charge < -0.3 is 24.6 Å². The Balaban J connectivity index is 1.29. The molecule has 42 heavy (non-hydrogen) atoms. The Labute approximate surface area is 248 Å². The van der Waals surface area contributed by atoms with E-state index in [2.05, 4.69) is 27.4 Å². The number of thioether (sulfide) groups is 1. The number of ether oxygens (including phenoxy) is 3. The molecule has 218 valence electrons. The van der Waals surface area contributed by atoms with E-state index < -0.39 is 12.4 Å². The minimum absolute atomic E-state index is 0.00339. The standard InChI is InChI=1S/C31H33N5O5S/c1-3-15-39-31(38)32-18-22-5-4-6-26(16-22)23-11-13-25(14-12-23)29-40-27(20-42-30-33-34-35-36(30)2)17-28(41-29)24-9-7-21(19-37)8-10-24/h3-14,16,27-29,37H,1,15,17-20H2,2H3,(H,32,38)/t27-,28+,29+/m0/s1.